The number of hydrogen-bond donors (Lipinski definition) is 1. The highest BCUT2D eigenvalue weighted by atomic mass is 16.5. The van der Waals surface area contributed by atoms with Crippen LogP contribution in [-0.4, -0.2) is 49.4 Å². The number of ether oxygens (including phenoxy) is 2. The van der Waals surface area contributed by atoms with Gasteiger partial charge in [-0.3, -0.25) is 4.90 Å². The highest BCUT2D eigenvalue weighted by Crippen LogP contribution is 2.33. The molecule has 3 rings (SSSR count). The molecule has 1 saturated heterocycles. The van der Waals surface area contributed by atoms with E-state index in [4.69, 9.17) is 9.47 Å². The molecule has 1 heterocycles. The number of anilines is 1. The molecule has 1 unspecified atom stereocenters. The number of hydrogen-bond acceptors (Lipinski definition) is 4. The topological polar surface area (TPSA) is 62.2 Å². The zero-order valence-electron chi connectivity index (χ0n) is 17.2. The zero-order chi connectivity index (χ0) is 20.6. The normalized spacial score (nSPS) is 14.9. The van der Waals surface area contributed by atoms with Gasteiger partial charge in [-0.05, 0) is 24.1 Å². The van der Waals surface area contributed by atoms with Gasteiger partial charge in [0.1, 0.15) is 0 Å². The number of urea groups is 1. The first-order chi connectivity index (χ1) is 14.1. The second kappa shape index (κ2) is 10.2. The lowest BCUT2D eigenvalue weighted by Gasteiger charge is -2.22. The third-order valence-electron chi connectivity index (χ3n) is 5.14. The highest BCUT2D eigenvalue weighted by Gasteiger charge is 2.31. The maximum absolute atomic E-state index is 12.9. The van der Waals surface area contributed by atoms with Crippen molar-refractivity contribution in [2.75, 3.05) is 38.3 Å². The summed E-state index contributed by atoms with van der Waals surface area (Å²) in [4.78, 5) is 16.3. The second-order valence-electron chi connectivity index (χ2n) is 7.20. The van der Waals surface area contributed by atoms with Crippen molar-refractivity contribution in [2.24, 2.45) is 0 Å². The van der Waals surface area contributed by atoms with E-state index in [0.29, 0.717) is 31.2 Å². The Hall–Kier alpha value is -2.73. The van der Waals surface area contributed by atoms with Gasteiger partial charge in [0.2, 0.25) is 0 Å². The Bertz CT molecular complexity index is 797. The van der Waals surface area contributed by atoms with Crippen molar-refractivity contribution < 1.29 is 19.4 Å². The molecule has 156 valence electrons. The van der Waals surface area contributed by atoms with E-state index in [0.717, 1.165) is 30.5 Å². The third kappa shape index (κ3) is 5.21. The molecule has 2 amide bonds. The van der Waals surface area contributed by atoms with Gasteiger partial charge < -0.3 is 19.5 Å². The molecule has 1 aliphatic heterocycles. The van der Waals surface area contributed by atoms with Crippen molar-refractivity contribution >= 4 is 11.7 Å². The highest BCUT2D eigenvalue weighted by molar-refractivity contribution is 5.94. The largest absolute Gasteiger partial charge is 0.493 e. The third-order valence-corrected chi connectivity index (χ3v) is 5.14. The van der Waals surface area contributed by atoms with Crippen LogP contribution >= 0.6 is 0 Å². The van der Waals surface area contributed by atoms with E-state index in [1.165, 1.54) is 0 Å². The molecule has 0 radical (unpaired) electrons. The zero-order valence-corrected chi connectivity index (χ0v) is 17.2. The minimum Gasteiger partial charge on any atom is -0.493 e. The van der Waals surface area contributed by atoms with E-state index in [2.05, 4.69) is 6.92 Å². The van der Waals surface area contributed by atoms with Gasteiger partial charge in [-0.1, -0.05) is 50.1 Å². The molecule has 0 aliphatic carbocycles. The van der Waals surface area contributed by atoms with Gasteiger partial charge in [0.05, 0.1) is 26.4 Å². The Labute approximate surface area is 172 Å². The number of aliphatic hydroxyl groups is 1. The van der Waals surface area contributed by atoms with E-state index in [-0.39, 0.29) is 12.6 Å². The Balaban J connectivity index is 1.66. The van der Waals surface area contributed by atoms with Crippen molar-refractivity contribution in [3.05, 3.63) is 54.1 Å². The predicted octanol–water partition coefficient (Wildman–Crippen LogP) is 4.24. The molecule has 2 aromatic carbocycles. The van der Waals surface area contributed by atoms with Crippen LogP contribution in [-0.2, 0) is 0 Å². The number of nitrogens with zero attached hydrogens (tertiary/aromatic N) is 2. The van der Waals surface area contributed by atoms with Crippen molar-refractivity contribution in [2.45, 2.75) is 32.3 Å². The van der Waals surface area contributed by atoms with Gasteiger partial charge in [-0.2, -0.15) is 0 Å². The maximum Gasteiger partial charge on any atom is 0.324 e. The molecule has 0 spiro atoms. The van der Waals surface area contributed by atoms with Crippen LogP contribution in [0.3, 0.4) is 0 Å². The number of β-amino-alcohol motifs (C(OH)–C–C–N with tert-alkyl or cyclic N) is 1. The fourth-order valence-electron chi connectivity index (χ4n) is 3.46. The molecule has 6 nitrogen and oxygen atoms in total. The standard InChI is InChI=1S/C23H30N2O4/c1-3-4-8-15-29-22-16-19(11-12-21(22)28-2)25-14-13-24(23(25)27)17-20(26)18-9-6-5-7-10-18/h5-7,9-12,16,20,26H,3-4,8,13-15,17H2,1-2H3. The van der Waals surface area contributed by atoms with Crippen LogP contribution in [0.25, 0.3) is 0 Å². The number of aliphatic hydroxyl groups excluding tert-OH is 1. The molecule has 0 saturated carbocycles. The van der Waals surface area contributed by atoms with E-state index in [1.807, 2.05) is 48.5 Å². The monoisotopic (exact) mass is 398 g/mol. The van der Waals surface area contributed by atoms with Crippen LogP contribution in [0, 0.1) is 0 Å². The number of benzene rings is 2. The number of amides is 2. The molecular formula is C23H30N2O4. The van der Waals surface area contributed by atoms with E-state index in [9.17, 15) is 9.90 Å². The van der Waals surface area contributed by atoms with E-state index >= 15 is 0 Å². The average molecular weight is 399 g/mol. The van der Waals surface area contributed by atoms with Gasteiger partial charge >= 0.3 is 6.03 Å². The molecule has 6 heteroatoms. The number of rotatable bonds is 10. The smallest absolute Gasteiger partial charge is 0.324 e. The summed E-state index contributed by atoms with van der Waals surface area (Å²) in [5.74, 6) is 1.31. The molecule has 1 atom stereocenters. The van der Waals surface area contributed by atoms with Gasteiger partial charge in [0.25, 0.3) is 0 Å². The van der Waals surface area contributed by atoms with Crippen molar-refractivity contribution in [3.8, 4) is 11.5 Å². The molecule has 29 heavy (non-hydrogen) atoms. The summed E-state index contributed by atoms with van der Waals surface area (Å²) >= 11 is 0. The Kier molecular flexibility index (Phi) is 7.36. The lowest BCUT2D eigenvalue weighted by Crippen LogP contribution is -2.34. The van der Waals surface area contributed by atoms with Crippen LogP contribution in [0.5, 0.6) is 11.5 Å². The molecule has 2 aromatic rings. The number of carbonyl (C=O) groups excluding carboxylic acids is 1. The predicted molar refractivity (Wildman–Crippen MR) is 114 cm³/mol. The first-order valence-electron chi connectivity index (χ1n) is 10.2. The Morgan fingerprint density at radius 2 is 1.86 bits per heavy atom. The van der Waals surface area contributed by atoms with Crippen LogP contribution < -0.4 is 14.4 Å². The van der Waals surface area contributed by atoms with Gasteiger partial charge in [0, 0.05) is 24.8 Å². The molecule has 0 bridgehead atoms. The lowest BCUT2D eigenvalue weighted by atomic mass is 10.1. The van der Waals surface area contributed by atoms with Gasteiger partial charge in [0.15, 0.2) is 11.5 Å². The van der Waals surface area contributed by atoms with Crippen LogP contribution in [0.15, 0.2) is 48.5 Å². The number of carbonyl (C=O) groups is 1. The van der Waals surface area contributed by atoms with E-state index in [1.54, 1.807) is 16.9 Å². The quantitative estimate of drug-likeness (QED) is 0.608. The summed E-state index contributed by atoms with van der Waals surface area (Å²) in [6.07, 6.45) is 2.53. The Morgan fingerprint density at radius 1 is 1.07 bits per heavy atom. The van der Waals surface area contributed by atoms with Crippen LogP contribution in [0.4, 0.5) is 10.5 Å². The first kappa shape index (κ1) is 21.0. The molecule has 1 N–H and O–H groups in total. The minimum absolute atomic E-state index is 0.109. The first-order valence-corrected chi connectivity index (χ1v) is 10.2. The summed E-state index contributed by atoms with van der Waals surface area (Å²) in [6, 6.07) is 14.9. The summed E-state index contributed by atoms with van der Waals surface area (Å²) in [7, 11) is 1.61. The van der Waals surface area contributed by atoms with E-state index < -0.39 is 6.10 Å². The van der Waals surface area contributed by atoms with Crippen LogP contribution in [0.2, 0.25) is 0 Å². The summed E-state index contributed by atoms with van der Waals surface area (Å²) in [5, 5.41) is 10.5. The molecule has 0 aromatic heterocycles. The fraction of sp³-hybridized carbons (Fsp3) is 0.435. The van der Waals surface area contributed by atoms with Crippen molar-refractivity contribution in [1.29, 1.82) is 0 Å². The summed E-state index contributed by atoms with van der Waals surface area (Å²) in [6.45, 7) is 4.19. The maximum atomic E-state index is 12.9. The van der Waals surface area contributed by atoms with Gasteiger partial charge in [-0.25, -0.2) is 4.79 Å². The molecular weight excluding hydrogens is 368 g/mol. The van der Waals surface area contributed by atoms with Gasteiger partial charge in [-0.15, -0.1) is 0 Å². The summed E-state index contributed by atoms with van der Waals surface area (Å²) in [5.41, 5.74) is 1.59. The van der Waals surface area contributed by atoms with Crippen molar-refractivity contribution in [3.63, 3.8) is 0 Å². The summed E-state index contributed by atoms with van der Waals surface area (Å²) < 4.78 is 11.3. The molecule has 1 fully saturated rings. The minimum atomic E-state index is -0.701. The Morgan fingerprint density at radius 3 is 2.59 bits per heavy atom. The SMILES string of the molecule is CCCCCOc1cc(N2CCN(CC(O)c3ccccc3)C2=O)ccc1OC. The number of methoxy groups -OCH3 is 1. The van der Waals surface area contributed by atoms with Crippen LogP contribution in [0.1, 0.15) is 37.9 Å². The van der Waals surface area contributed by atoms with Crippen molar-refractivity contribution in [1.82, 2.24) is 4.90 Å². The molecule has 1 aliphatic rings. The number of unbranched alkanes of at least 4 members (excludes halogenated alkanes) is 2. The second-order valence-corrected chi connectivity index (χ2v) is 7.20. The average Bonchev–Trinajstić information content (AvgIpc) is 3.11. The fourth-order valence-corrected chi connectivity index (χ4v) is 3.46. The lowest BCUT2D eigenvalue weighted by molar-refractivity contribution is 0.133.